The molecule has 0 aromatic heterocycles. The van der Waals surface area contributed by atoms with Crippen molar-refractivity contribution in [3.8, 4) is 0 Å². The van der Waals surface area contributed by atoms with Crippen LogP contribution < -0.4 is 0 Å². The highest BCUT2D eigenvalue weighted by molar-refractivity contribution is 8.03. The van der Waals surface area contributed by atoms with Crippen molar-refractivity contribution >= 4 is 17.8 Å². The summed E-state index contributed by atoms with van der Waals surface area (Å²) >= 11 is 1.92. The summed E-state index contributed by atoms with van der Waals surface area (Å²) in [5, 5.41) is 1.37. The van der Waals surface area contributed by atoms with Crippen LogP contribution >= 0.6 is 11.8 Å². The molecule has 0 saturated heterocycles. The lowest BCUT2D eigenvalue weighted by Crippen LogP contribution is -2.20. The van der Waals surface area contributed by atoms with Crippen LogP contribution in [0.5, 0.6) is 0 Å². The Bertz CT molecular complexity index is 315. The summed E-state index contributed by atoms with van der Waals surface area (Å²) in [5.74, 6) is 1.12. The van der Waals surface area contributed by atoms with E-state index in [1.54, 1.807) is 0 Å². The van der Waals surface area contributed by atoms with Crippen molar-refractivity contribution in [2.45, 2.75) is 20.8 Å². The zero-order valence-electron chi connectivity index (χ0n) is 10.4. The van der Waals surface area contributed by atoms with Gasteiger partial charge in [-0.2, -0.15) is 0 Å². The standard InChI is InChI=1S/C14H21NS/c1-4-15(5-2)14(16-6-3)12-13-10-8-7-9-11-13/h7-12H,4-6H2,1-3H3/b14-12-. The van der Waals surface area contributed by atoms with Gasteiger partial charge in [-0.3, -0.25) is 0 Å². The summed E-state index contributed by atoms with van der Waals surface area (Å²) in [6, 6.07) is 10.5. The number of benzene rings is 1. The molecular weight excluding hydrogens is 214 g/mol. The zero-order chi connectivity index (χ0) is 11.8. The molecule has 0 heterocycles. The zero-order valence-corrected chi connectivity index (χ0v) is 11.3. The van der Waals surface area contributed by atoms with Crippen molar-refractivity contribution in [1.82, 2.24) is 4.90 Å². The molecular formula is C14H21NS. The van der Waals surface area contributed by atoms with Crippen molar-refractivity contribution in [3.05, 3.63) is 40.9 Å². The van der Waals surface area contributed by atoms with Crippen LogP contribution in [0.1, 0.15) is 26.3 Å². The first kappa shape index (κ1) is 13.2. The molecule has 0 aliphatic rings. The van der Waals surface area contributed by atoms with Crippen molar-refractivity contribution in [3.63, 3.8) is 0 Å². The molecule has 0 saturated carbocycles. The maximum atomic E-state index is 2.40. The molecule has 88 valence electrons. The molecule has 0 aliphatic carbocycles. The molecule has 0 atom stereocenters. The Morgan fingerprint density at radius 2 is 1.75 bits per heavy atom. The summed E-state index contributed by atoms with van der Waals surface area (Å²) in [6.07, 6.45) is 2.28. The third-order valence-electron chi connectivity index (χ3n) is 2.46. The van der Waals surface area contributed by atoms with E-state index in [0.29, 0.717) is 0 Å². The molecule has 0 amide bonds. The Kier molecular flexibility index (Phi) is 6.09. The normalized spacial score (nSPS) is 11.6. The fourth-order valence-corrected chi connectivity index (χ4v) is 2.56. The van der Waals surface area contributed by atoms with Gasteiger partial charge in [-0.05, 0) is 31.2 Å². The molecule has 0 unspecified atom stereocenters. The fraction of sp³-hybridized carbons (Fsp3) is 0.429. The van der Waals surface area contributed by atoms with Gasteiger partial charge in [-0.15, -0.1) is 11.8 Å². The highest BCUT2D eigenvalue weighted by Gasteiger charge is 2.05. The highest BCUT2D eigenvalue weighted by atomic mass is 32.2. The number of nitrogens with zero attached hydrogens (tertiary/aromatic N) is 1. The van der Waals surface area contributed by atoms with Gasteiger partial charge >= 0.3 is 0 Å². The molecule has 2 heteroatoms. The predicted molar refractivity (Wildman–Crippen MR) is 75.5 cm³/mol. The molecule has 0 N–H and O–H groups in total. The lowest BCUT2D eigenvalue weighted by molar-refractivity contribution is 0.411. The number of thioether (sulfide) groups is 1. The Morgan fingerprint density at radius 3 is 2.25 bits per heavy atom. The van der Waals surface area contributed by atoms with Crippen molar-refractivity contribution < 1.29 is 0 Å². The van der Waals surface area contributed by atoms with Gasteiger partial charge in [0.2, 0.25) is 0 Å². The first-order valence-electron chi connectivity index (χ1n) is 5.96. The fourth-order valence-electron chi connectivity index (χ4n) is 1.60. The molecule has 1 rings (SSSR count). The van der Waals surface area contributed by atoms with Crippen LogP contribution in [0, 0.1) is 0 Å². The lowest BCUT2D eigenvalue weighted by Gasteiger charge is -2.23. The minimum atomic E-state index is 1.07. The van der Waals surface area contributed by atoms with Crippen LogP contribution in [0.3, 0.4) is 0 Å². The van der Waals surface area contributed by atoms with E-state index in [9.17, 15) is 0 Å². The molecule has 1 aromatic rings. The van der Waals surface area contributed by atoms with Crippen LogP contribution in [0.15, 0.2) is 35.4 Å². The number of hydrogen-bond acceptors (Lipinski definition) is 2. The van der Waals surface area contributed by atoms with Gasteiger partial charge in [-0.25, -0.2) is 0 Å². The molecule has 1 aromatic carbocycles. The molecule has 0 spiro atoms. The molecule has 16 heavy (non-hydrogen) atoms. The monoisotopic (exact) mass is 235 g/mol. The van der Waals surface area contributed by atoms with Crippen LogP contribution in [-0.2, 0) is 0 Å². The summed E-state index contributed by atoms with van der Waals surface area (Å²) in [5.41, 5.74) is 1.28. The second kappa shape index (κ2) is 7.39. The van der Waals surface area contributed by atoms with Gasteiger partial charge in [0, 0.05) is 13.1 Å². The molecule has 0 fully saturated rings. The van der Waals surface area contributed by atoms with E-state index in [-0.39, 0.29) is 0 Å². The first-order chi connectivity index (χ1) is 7.81. The average Bonchev–Trinajstić information content (AvgIpc) is 2.32. The average molecular weight is 235 g/mol. The van der Waals surface area contributed by atoms with E-state index in [0.717, 1.165) is 18.8 Å². The van der Waals surface area contributed by atoms with E-state index in [1.807, 2.05) is 11.8 Å². The molecule has 0 aliphatic heterocycles. The van der Waals surface area contributed by atoms with Gasteiger partial charge in [0.25, 0.3) is 0 Å². The summed E-state index contributed by atoms with van der Waals surface area (Å²) in [4.78, 5) is 2.40. The largest absolute Gasteiger partial charge is 0.367 e. The SMILES string of the molecule is CCS/C(=C\c1ccccc1)N(CC)CC. The van der Waals surface area contributed by atoms with E-state index in [4.69, 9.17) is 0 Å². The first-order valence-corrected chi connectivity index (χ1v) is 6.94. The van der Waals surface area contributed by atoms with Gasteiger partial charge in [0.15, 0.2) is 0 Å². The maximum absolute atomic E-state index is 2.40. The Hall–Kier alpha value is -0.890. The van der Waals surface area contributed by atoms with Gasteiger partial charge in [0.05, 0.1) is 5.03 Å². The second-order valence-corrected chi connectivity index (χ2v) is 4.78. The summed E-state index contributed by atoms with van der Waals surface area (Å²) < 4.78 is 0. The van der Waals surface area contributed by atoms with Crippen LogP contribution in [0.4, 0.5) is 0 Å². The Labute approximate surface area is 104 Å². The Morgan fingerprint density at radius 1 is 1.12 bits per heavy atom. The third kappa shape index (κ3) is 3.93. The third-order valence-corrected chi connectivity index (χ3v) is 3.42. The van der Waals surface area contributed by atoms with E-state index >= 15 is 0 Å². The number of rotatable bonds is 6. The minimum Gasteiger partial charge on any atom is -0.367 e. The van der Waals surface area contributed by atoms with E-state index < -0.39 is 0 Å². The molecule has 0 radical (unpaired) electrons. The molecule has 0 bridgehead atoms. The van der Waals surface area contributed by atoms with Crippen LogP contribution in [0.2, 0.25) is 0 Å². The smallest absolute Gasteiger partial charge is 0.0713 e. The summed E-state index contributed by atoms with van der Waals surface area (Å²) in [6.45, 7) is 8.76. The van der Waals surface area contributed by atoms with Crippen molar-refractivity contribution in [2.24, 2.45) is 0 Å². The van der Waals surface area contributed by atoms with E-state index in [2.05, 4.69) is 62.1 Å². The van der Waals surface area contributed by atoms with Crippen molar-refractivity contribution in [1.29, 1.82) is 0 Å². The molecule has 1 nitrogen and oxygen atoms in total. The van der Waals surface area contributed by atoms with E-state index in [1.165, 1.54) is 10.6 Å². The topological polar surface area (TPSA) is 3.24 Å². The second-order valence-electron chi connectivity index (χ2n) is 3.50. The number of hydrogen-bond donors (Lipinski definition) is 0. The maximum Gasteiger partial charge on any atom is 0.0713 e. The van der Waals surface area contributed by atoms with Gasteiger partial charge in [0.1, 0.15) is 0 Å². The van der Waals surface area contributed by atoms with Crippen LogP contribution in [-0.4, -0.2) is 23.7 Å². The predicted octanol–water partition coefficient (Wildman–Crippen LogP) is 4.08. The van der Waals surface area contributed by atoms with Crippen molar-refractivity contribution in [2.75, 3.05) is 18.8 Å². The quantitative estimate of drug-likeness (QED) is 0.731. The van der Waals surface area contributed by atoms with Gasteiger partial charge < -0.3 is 4.90 Å². The lowest BCUT2D eigenvalue weighted by atomic mass is 10.2. The highest BCUT2D eigenvalue weighted by Crippen LogP contribution is 2.22. The minimum absolute atomic E-state index is 1.07. The Balaban J connectivity index is 2.88. The van der Waals surface area contributed by atoms with Gasteiger partial charge in [-0.1, -0.05) is 37.3 Å². The van der Waals surface area contributed by atoms with Crippen LogP contribution in [0.25, 0.3) is 6.08 Å². The summed E-state index contributed by atoms with van der Waals surface area (Å²) in [7, 11) is 0.